The minimum absolute atomic E-state index is 0.0930. The summed E-state index contributed by atoms with van der Waals surface area (Å²) in [5.41, 5.74) is 2.69. The molecule has 0 saturated carbocycles. The maximum absolute atomic E-state index is 12.7. The standard InChI is InChI=1S/C24H19ClN2O3S/c1-3-30-24(29)21-15(2)19(13-26)23(27-22(21)17-7-5-4-6-8-17)31-14-20(28)16-9-11-18(25)12-10-16/h4-12H,3,14H2,1-2H3. The summed E-state index contributed by atoms with van der Waals surface area (Å²) in [6.45, 7) is 3.63. The number of aromatic nitrogens is 1. The van der Waals surface area contributed by atoms with Crippen LogP contribution in [0.1, 0.15) is 38.8 Å². The van der Waals surface area contributed by atoms with E-state index in [9.17, 15) is 14.9 Å². The van der Waals surface area contributed by atoms with Crippen molar-refractivity contribution in [1.82, 2.24) is 4.98 Å². The van der Waals surface area contributed by atoms with Gasteiger partial charge in [-0.2, -0.15) is 5.26 Å². The van der Waals surface area contributed by atoms with Crippen LogP contribution in [0.3, 0.4) is 0 Å². The van der Waals surface area contributed by atoms with E-state index in [2.05, 4.69) is 11.1 Å². The molecule has 0 aliphatic heterocycles. The zero-order valence-electron chi connectivity index (χ0n) is 17.0. The van der Waals surface area contributed by atoms with Crippen molar-refractivity contribution in [1.29, 1.82) is 5.26 Å². The molecule has 156 valence electrons. The van der Waals surface area contributed by atoms with Crippen LogP contribution in [0.2, 0.25) is 5.02 Å². The van der Waals surface area contributed by atoms with Gasteiger partial charge in [-0.25, -0.2) is 9.78 Å². The first-order valence-electron chi connectivity index (χ1n) is 9.55. The van der Waals surface area contributed by atoms with E-state index in [1.165, 1.54) is 11.8 Å². The molecular formula is C24H19ClN2O3S. The van der Waals surface area contributed by atoms with Gasteiger partial charge < -0.3 is 4.74 Å². The third-order valence-corrected chi connectivity index (χ3v) is 5.79. The zero-order chi connectivity index (χ0) is 22.4. The SMILES string of the molecule is CCOC(=O)c1c(-c2ccccc2)nc(SCC(=O)c2ccc(Cl)cc2)c(C#N)c1C. The number of rotatable bonds is 7. The Hall–Kier alpha value is -3.14. The van der Waals surface area contributed by atoms with Gasteiger partial charge in [0.05, 0.1) is 29.2 Å². The third kappa shape index (κ3) is 5.13. The second kappa shape index (κ2) is 10.3. The van der Waals surface area contributed by atoms with Crippen LogP contribution in [0.25, 0.3) is 11.3 Å². The fourth-order valence-electron chi connectivity index (χ4n) is 3.02. The van der Waals surface area contributed by atoms with E-state index in [4.69, 9.17) is 16.3 Å². The first-order chi connectivity index (χ1) is 15.0. The van der Waals surface area contributed by atoms with E-state index in [0.717, 1.165) is 5.56 Å². The molecule has 3 aromatic rings. The van der Waals surface area contributed by atoms with Crippen LogP contribution < -0.4 is 0 Å². The molecule has 0 spiro atoms. The van der Waals surface area contributed by atoms with Crippen molar-refractivity contribution in [3.05, 3.63) is 81.9 Å². The second-order valence-electron chi connectivity index (χ2n) is 6.56. The molecule has 0 aliphatic rings. The van der Waals surface area contributed by atoms with Crippen molar-refractivity contribution in [2.75, 3.05) is 12.4 Å². The molecule has 2 aromatic carbocycles. The van der Waals surface area contributed by atoms with Crippen LogP contribution >= 0.6 is 23.4 Å². The number of nitriles is 1. The number of halogens is 1. The van der Waals surface area contributed by atoms with E-state index in [-0.39, 0.29) is 29.3 Å². The van der Waals surface area contributed by atoms with Crippen molar-refractivity contribution in [3.63, 3.8) is 0 Å². The molecule has 0 unspecified atom stereocenters. The predicted molar refractivity (Wildman–Crippen MR) is 122 cm³/mol. The van der Waals surface area contributed by atoms with Crippen LogP contribution in [0.4, 0.5) is 0 Å². The number of hydrogen-bond acceptors (Lipinski definition) is 6. The molecule has 31 heavy (non-hydrogen) atoms. The Kier molecular flexibility index (Phi) is 7.45. The lowest BCUT2D eigenvalue weighted by atomic mass is 9.98. The van der Waals surface area contributed by atoms with E-state index in [0.29, 0.717) is 26.9 Å². The highest BCUT2D eigenvalue weighted by Crippen LogP contribution is 2.33. The molecular weight excluding hydrogens is 432 g/mol. The molecule has 0 bridgehead atoms. The average Bonchev–Trinajstić information content (AvgIpc) is 2.78. The highest BCUT2D eigenvalue weighted by atomic mass is 35.5. The Morgan fingerprint density at radius 3 is 2.42 bits per heavy atom. The minimum atomic E-state index is -0.531. The van der Waals surface area contributed by atoms with Crippen molar-refractivity contribution >= 4 is 35.1 Å². The summed E-state index contributed by atoms with van der Waals surface area (Å²) in [5, 5.41) is 10.7. The molecule has 0 amide bonds. The summed E-state index contributed by atoms with van der Waals surface area (Å²) >= 11 is 7.05. The summed E-state index contributed by atoms with van der Waals surface area (Å²) in [6, 6.07) is 18.0. The van der Waals surface area contributed by atoms with Gasteiger partial charge >= 0.3 is 5.97 Å². The summed E-state index contributed by atoms with van der Waals surface area (Å²) in [6.07, 6.45) is 0. The summed E-state index contributed by atoms with van der Waals surface area (Å²) in [4.78, 5) is 29.9. The molecule has 0 N–H and O–H groups in total. The van der Waals surface area contributed by atoms with E-state index in [1.807, 2.05) is 30.3 Å². The number of esters is 1. The van der Waals surface area contributed by atoms with E-state index in [1.54, 1.807) is 38.1 Å². The topological polar surface area (TPSA) is 80.0 Å². The predicted octanol–water partition coefficient (Wildman–Crippen LogP) is 5.73. The van der Waals surface area contributed by atoms with Crippen molar-refractivity contribution in [2.24, 2.45) is 0 Å². The van der Waals surface area contributed by atoms with Crippen molar-refractivity contribution < 1.29 is 14.3 Å². The summed E-state index contributed by atoms with van der Waals surface area (Å²) in [5.74, 6) is -0.548. The highest BCUT2D eigenvalue weighted by Gasteiger charge is 2.24. The number of thioether (sulfide) groups is 1. The monoisotopic (exact) mass is 450 g/mol. The Bertz CT molecular complexity index is 1160. The number of benzene rings is 2. The number of ether oxygens (including phenoxy) is 1. The zero-order valence-corrected chi connectivity index (χ0v) is 18.6. The number of carbonyl (C=O) groups is 2. The van der Waals surface area contributed by atoms with Gasteiger partial charge in [-0.1, -0.05) is 53.7 Å². The number of hydrogen-bond donors (Lipinski definition) is 0. The fraction of sp³-hybridized carbons (Fsp3) is 0.167. The third-order valence-electron chi connectivity index (χ3n) is 4.56. The second-order valence-corrected chi connectivity index (χ2v) is 7.96. The minimum Gasteiger partial charge on any atom is -0.462 e. The fourth-order valence-corrected chi connectivity index (χ4v) is 4.08. The van der Waals surface area contributed by atoms with Crippen LogP contribution in [-0.4, -0.2) is 29.1 Å². The summed E-state index contributed by atoms with van der Waals surface area (Å²) < 4.78 is 5.22. The molecule has 3 rings (SSSR count). The maximum atomic E-state index is 12.7. The Morgan fingerprint density at radius 1 is 1.13 bits per heavy atom. The van der Waals surface area contributed by atoms with Gasteiger partial charge in [0.15, 0.2) is 5.78 Å². The van der Waals surface area contributed by atoms with Crippen molar-refractivity contribution in [2.45, 2.75) is 18.9 Å². The number of ketones is 1. The first kappa shape index (κ1) is 22.5. The van der Waals surface area contributed by atoms with Crippen molar-refractivity contribution in [3.8, 4) is 17.3 Å². The van der Waals surface area contributed by atoms with Crippen LogP contribution in [-0.2, 0) is 4.74 Å². The number of pyridine rings is 1. The van der Waals surface area contributed by atoms with Gasteiger partial charge in [0.25, 0.3) is 0 Å². The van der Waals surface area contributed by atoms with Gasteiger partial charge in [-0.3, -0.25) is 4.79 Å². The Morgan fingerprint density at radius 2 is 1.81 bits per heavy atom. The molecule has 5 nitrogen and oxygen atoms in total. The molecule has 0 fully saturated rings. The lowest BCUT2D eigenvalue weighted by Crippen LogP contribution is -2.13. The van der Waals surface area contributed by atoms with Gasteiger partial charge in [-0.15, -0.1) is 0 Å². The van der Waals surface area contributed by atoms with Crippen LogP contribution in [0, 0.1) is 18.3 Å². The van der Waals surface area contributed by atoms with E-state index < -0.39 is 5.97 Å². The lowest BCUT2D eigenvalue weighted by molar-refractivity contribution is 0.0525. The molecule has 1 heterocycles. The van der Waals surface area contributed by atoms with E-state index >= 15 is 0 Å². The quantitative estimate of drug-likeness (QED) is 0.259. The smallest absolute Gasteiger partial charge is 0.340 e. The summed E-state index contributed by atoms with van der Waals surface area (Å²) in [7, 11) is 0. The molecule has 0 radical (unpaired) electrons. The maximum Gasteiger partial charge on any atom is 0.340 e. The normalized spacial score (nSPS) is 10.4. The molecule has 7 heteroatoms. The Labute approximate surface area is 190 Å². The Balaban J connectivity index is 2.03. The average molecular weight is 451 g/mol. The molecule has 1 aromatic heterocycles. The highest BCUT2D eigenvalue weighted by molar-refractivity contribution is 8.00. The van der Waals surface area contributed by atoms with Crippen LogP contribution in [0.15, 0.2) is 59.6 Å². The number of Topliss-reactive ketones (excluding diaryl/α,β-unsaturated/α-hetero) is 1. The van der Waals surface area contributed by atoms with Gasteiger partial charge in [0, 0.05) is 16.1 Å². The number of nitrogens with zero attached hydrogens (tertiary/aromatic N) is 2. The number of carbonyl (C=O) groups excluding carboxylic acids is 2. The lowest BCUT2D eigenvalue weighted by Gasteiger charge is -2.15. The largest absolute Gasteiger partial charge is 0.462 e. The molecule has 0 saturated heterocycles. The first-order valence-corrected chi connectivity index (χ1v) is 10.9. The van der Waals surface area contributed by atoms with Gasteiger partial charge in [0.2, 0.25) is 0 Å². The molecule has 0 atom stereocenters. The van der Waals surface area contributed by atoms with Gasteiger partial charge in [0.1, 0.15) is 11.1 Å². The van der Waals surface area contributed by atoms with Gasteiger partial charge in [-0.05, 0) is 43.7 Å². The van der Waals surface area contributed by atoms with Crippen LogP contribution in [0.5, 0.6) is 0 Å². The molecule has 0 aliphatic carbocycles.